The molecule has 0 aromatic carbocycles. The summed E-state index contributed by atoms with van der Waals surface area (Å²) in [6.45, 7) is 1.32. The van der Waals surface area contributed by atoms with Crippen molar-refractivity contribution in [1.82, 2.24) is 14.8 Å². The Morgan fingerprint density at radius 1 is 1.34 bits per heavy atom. The second-order valence-corrected chi connectivity index (χ2v) is 9.48. The van der Waals surface area contributed by atoms with E-state index in [4.69, 9.17) is 18.9 Å². The zero-order chi connectivity index (χ0) is 22.9. The SMILES string of the molecule is COc1nc(N2CCC(CCP(=O)(O)O)CC2)cc2cnn(C(=O)c3ccco3)c(=O)c12. The Hall–Kier alpha value is -3.01. The number of nitrogens with zero attached hydrogens (tertiary/aromatic N) is 4. The minimum absolute atomic E-state index is 0.0101. The topological polar surface area (TPSA) is 148 Å². The zero-order valence-corrected chi connectivity index (χ0v) is 18.3. The van der Waals surface area contributed by atoms with E-state index in [0.717, 1.165) is 17.5 Å². The summed E-state index contributed by atoms with van der Waals surface area (Å²) in [5.74, 6) is 0.242. The lowest BCUT2D eigenvalue weighted by Crippen LogP contribution is -2.35. The number of hydrogen-bond donors (Lipinski definition) is 2. The summed E-state index contributed by atoms with van der Waals surface area (Å²) in [7, 11) is -2.59. The number of ether oxygens (including phenoxy) is 1. The van der Waals surface area contributed by atoms with Crippen LogP contribution in [0.4, 0.5) is 5.82 Å². The molecule has 1 aliphatic rings. The predicted molar refractivity (Wildman–Crippen MR) is 115 cm³/mol. The average molecular weight is 462 g/mol. The Morgan fingerprint density at radius 2 is 2.09 bits per heavy atom. The highest BCUT2D eigenvalue weighted by atomic mass is 31.2. The highest BCUT2D eigenvalue weighted by Crippen LogP contribution is 2.38. The smallest absolute Gasteiger partial charge is 0.325 e. The van der Waals surface area contributed by atoms with Crippen LogP contribution >= 0.6 is 7.60 Å². The third kappa shape index (κ3) is 4.59. The molecule has 0 aliphatic carbocycles. The quantitative estimate of drug-likeness (QED) is 0.520. The molecule has 170 valence electrons. The van der Waals surface area contributed by atoms with Crippen molar-refractivity contribution >= 4 is 30.1 Å². The van der Waals surface area contributed by atoms with Gasteiger partial charge in [-0.05, 0) is 43.4 Å². The molecule has 0 spiro atoms. The number of carbonyl (C=O) groups excluding carboxylic acids is 1. The molecule has 12 heteroatoms. The van der Waals surface area contributed by atoms with Gasteiger partial charge in [-0.2, -0.15) is 14.8 Å². The molecule has 2 N–H and O–H groups in total. The van der Waals surface area contributed by atoms with Crippen LogP contribution in [0.1, 0.15) is 29.8 Å². The van der Waals surface area contributed by atoms with Crippen LogP contribution in [0, 0.1) is 5.92 Å². The fourth-order valence-electron chi connectivity index (χ4n) is 3.88. The number of hydrogen-bond acceptors (Lipinski definition) is 8. The van der Waals surface area contributed by atoms with Gasteiger partial charge in [0.1, 0.15) is 11.2 Å². The Bertz CT molecular complexity index is 1230. The van der Waals surface area contributed by atoms with E-state index in [1.165, 1.54) is 25.6 Å². The van der Waals surface area contributed by atoms with E-state index in [-0.39, 0.29) is 29.1 Å². The summed E-state index contributed by atoms with van der Waals surface area (Å²) in [6, 6.07) is 4.72. The molecule has 32 heavy (non-hydrogen) atoms. The van der Waals surface area contributed by atoms with Crippen molar-refractivity contribution < 1.29 is 28.3 Å². The Morgan fingerprint density at radius 3 is 2.72 bits per heavy atom. The van der Waals surface area contributed by atoms with Crippen molar-refractivity contribution in [2.75, 3.05) is 31.3 Å². The molecule has 0 bridgehead atoms. The second-order valence-electron chi connectivity index (χ2n) is 7.71. The predicted octanol–water partition coefficient (Wildman–Crippen LogP) is 1.87. The lowest BCUT2D eigenvalue weighted by molar-refractivity contribution is 0.0911. The van der Waals surface area contributed by atoms with E-state index < -0.39 is 19.1 Å². The maximum absolute atomic E-state index is 13.0. The molecular formula is C20H23N4O7P. The number of pyridine rings is 1. The number of aromatic nitrogens is 3. The molecular weight excluding hydrogens is 439 g/mol. The van der Waals surface area contributed by atoms with Gasteiger partial charge in [-0.3, -0.25) is 14.2 Å². The molecule has 11 nitrogen and oxygen atoms in total. The van der Waals surface area contributed by atoms with Crippen LogP contribution < -0.4 is 15.2 Å². The standard InChI is InChI=1S/C20H23N4O7P/c1-30-18-17-14(12-21-24(20(17)26)19(25)15-3-2-9-31-15)11-16(22-18)23-7-4-13(5-8-23)6-10-32(27,28)29/h2-3,9,11-13H,4-8,10H2,1H3,(H2,27,28,29). The van der Waals surface area contributed by atoms with Crippen LogP contribution in [-0.4, -0.2) is 56.8 Å². The number of piperidine rings is 1. The van der Waals surface area contributed by atoms with E-state index in [0.29, 0.717) is 30.7 Å². The van der Waals surface area contributed by atoms with Gasteiger partial charge < -0.3 is 23.8 Å². The maximum atomic E-state index is 13.0. The first kappa shape index (κ1) is 22.2. The lowest BCUT2D eigenvalue weighted by atomic mass is 9.94. The Balaban J connectivity index is 1.59. The van der Waals surface area contributed by atoms with Crippen LogP contribution in [0.15, 0.2) is 39.9 Å². The molecule has 4 rings (SSSR count). The molecule has 0 saturated carbocycles. The molecule has 1 fully saturated rings. The first-order valence-corrected chi connectivity index (χ1v) is 11.9. The number of fused-ring (bicyclic) bond motifs is 1. The van der Waals surface area contributed by atoms with Crippen LogP contribution in [0.5, 0.6) is 5.88 Å². The largest absolute Gasteiger partial charge is 0.480 e. The average Bonchev–Trinajstić information content (AvgIpc) is 3.31. The fraction of sp³-hybridized carbons (Fsp3) is 0.400. The van der Waals surface area contributed by atoms with Crippen LogP contribution in [0.25, 0.3) is 10.8 Å². The number of methoxy groups -OCH3 is 1. The van der Waals surface area contributed by atoms with Crippen molar-refractivity contribution in [3.8, 4) is 5.88 Å². The van der Waals surface area contributed by atoms with Crippen molar-refractivity contribution in [2.45, 2.75) is 19.3 Å². The van der Waals surface area contributed by atoms with Gasteiger partial charge in [-0.15, -0.1) is 0 Å². The van der Waals surface area contributed by atoms with Crippen LogP contribution in [0.3, 0.4) is 0 Å². The van der Waals surface area contributed by atoms with E-state index in [1.54, 1.807) is 12.1 Å². The van der Waals surface area contributed by atoms with Gasteiger partial charge in [0, 0.05) is 18.5 Å². The normalized spacial score (nSPS) is 15.3. The van der Waals surface area contributed by atoms with Gasteiger partial charge in [-0.25, -0.2) is 0 Å². The highest BCUT2D eigenvalue weighted by molar-refractivity contribution is 7.51. The summed E-state index contributed by atoms with van der Waals surface area (Å²) in [5, 5.41) is 4.63. The zero-order valence-electron chi connectivity index (χ0n) is 17.4. The first-order chi connectivity index (χ1) is 15.3. The van der Waals surface area contributed by atoms with Crippen molar-refractivity contribution in [3.63, 3.8) is 0 Å². The van der Waals surface area contributed by atoms with Crippen LogP contribution in [-0.2, 0) is 4.57 Å². The second kappa shape index (κ2) is 8.85. The van der Waals surface area contributed by atoms with Gasteiger partial charge in [0.15, 0.2) is 5.76 Å². The Labute approximate surface area is 182 Å². The molecule has 4 heterocycles. The third-order valence-corrected chi connectivity index (χ3v) is 6.45. The summed E-state index contributed by atoms with van der Waals surface area (Å²) in [6.07, 6.45) is 4.69. The van der Waals surface area contributed by atoms with Gasteiger partial charge >= 0.3 is 13.5 Å². The number of anilines is 1. The molecule has 0 amide bonds. The van der Waals surface area contributed by atoms with Gasteiger partial charge in [0.05, 0.1) is 25.7 Å². The molecule has 0 atom stereocenters. The van der Waals surface area contributed by atoms with E-state index in [2.05, 4.69) is 10.1 Å². The molecule has 1 aliphatic heterocycles. The van der Waals surface area contributed by atoms with Gasteiger partial charge in [0.25, 0.3) is 5.56 Å². The molecule has 1 saturated heterocycles. The van der Waals surface area contributed by atoms with Crippen molar-refractivity contribution in [2.24, 2.45) is 5.92 Å². The summed E-state index contributed by atoms with van der Waals surface area (Å²) >= 11 is 0. The van der Waals surface area contributed by atoms with E-state index >= 15 is 0 Å². The maximum Gasteiger partial charge on any atom is 0.325 e. The molecule has 0 unspecified atom stereocenters. The molecule has 3 aromatic heterocycles. The highest BCUT2D eigenvalue weighted by Gasteiger charge is 2.25. The van der Waals surface area contributed by atoms with E-state index in [9.17, 15) is 14.2 Å². The van der Waals surface area contributed by atoms with Gasteiger partial charge in [0.2, 0.25) is 5.88 Å². The monoisotopic (exact) mass is 462 g/mol. The van der Waals surface area contributed by atoms with Crippen molar-refractivity contribution in [3.05, 3.63) is 46.8 Å². The summed E-state index contributed by atoms with van der Waals surface area (Å²) in [4.78, 5) is 50.2. The summed E-state index contributed by atoms with van der Waals surface area (Å²) < 4.78 is 22.3. The van der Waals surface area contributed by atoms with Crippen LogP contribution in [0.2, 0.25) is 0 Å². The lowest BCUT2D eigenvalue weighted by Gasteiger charge is -2.33. The van der Waals surface area contributed by atoms with E-state index in [1.807, 2.05) is 4.90 Å². The number of carbonyl (C=O) groups is 1. The molecule has 0 radical (unpaired) electrons. The van der Waals surface area contributed by atoms with Gasteiger partial charge in [-0.1, -0.05) is 0 Å². The number of rotatable bonds is 6. The Kier molecular flexibility index (Phi) is 6.14. The number of furan rings is 1. The molecule has 3 aromatic rings. The minimum atomic E-state index is -3.99. The summed E-state index contributed by atoms with van der Waals surface area (Å²) in [5.41, 5.74) is -0.657. The minimum Gasteiger partial charge on any atom is -0.480 e. The van der Waals surface area contributed by atoms with Crippen molar-refractivity contribution in [1.29, 1.82) is 0 Å². The fourth-order valence-corrected chi connectivity index (χ4v) is 4.58. The first-order valence-electron chi connectivity index (χ1n) is 10.1. The third-order valence-electron chi connectivity index (χ3n) is 5.61.